The van der Waals surface area contributed by atoms with Gasteiger partial charge in [-0.3, -0.25) is 0 Å². The monoisotopic (exact) mass is 212 g/mol. The highest BCUT2D eigenvalue weighted by Gasteiger charge is 2.09. The predicted octanol–water partition coefficient (Wildman–Crippen LogP) is 2.01. The zero-order chi connectivity index (χ0) is 8.43. The molecule has 1 heterocycles. The zero-order valence-corrected chi connectivity index (χ0v) is 7.40. The Morgan fingerprint density at radius 3 is 2.55 bits per heavy atom. The van der Waals surface area contributed by atoms with Gasteiger partial charge in [0.2, 0.25) is 5.28 Å². The van der Waals surface area contributed by atoms with E-state index in [1.807, 2.05) is 0 Å². The second kappa shape index (κ2) is 3.54. The van der Waals surface area contributed by atoms with Crippen molar-refractivity contribution in [3.8, 4) is 0 Å². The molecule has 0 aliphatic rings. The molecule has 0 bridgehead atoms. The Balaban J connectivity index is 3.09. The van der Waals surface area contributed by atoms with E-state index < -0.39 is 5.56 Å². The summed E-state index contributed by atoms with van der Waals surface area (Å²) in [7, 11) is 0. The van der Waals surface area contributed by atoms with Gasteiger partial charge in [-0.25, -0.2) is 9.97 Å². The van der Waals surface area contributed by atoms with Crippen LogP contribution in [0.2, 0.25) is 10.4 Å². The third-order valence-electron chi connectivity index (χ3n) is 0.995. The SMILES string of the molecule is OC(Cl)c1cnc(Cl)nc1Cl. The van der Waals surface area contributed by atoms with Crippen LogP contribution in [-0.4, -0.2) is 15.1 Å². The number of hydrogen-bond donors (Lipinski definition) is 1. The molecule has 1 aromatic rings. The molecule has 1 rings (SSSR count). The summed E-state index contributed by atoms with van der Waals surface area (Å²) in [6.45, 7) is 0. The van der Waals surface area contributed by atoms with Gasteiger partial charge < -0.3 is 5.11 Å². The van der Waals surface area contributed by atoms with Crippen molar-refractivity contribution in [1.29, 1.82) is 0 Å². The summed E-state index contributed by atoms with van der Waals surface area (Å²) < 4.78 is 0. The van der Waals surface area contributed by atoms with Crippen molar-refractivity contribution in [3.63, 3.8) is 0 Å². The highest BCUT2D eigenvalue weighted by molar-refractivity contribution is 6.33. The van der Waals surface area contributed by atoms with Gasteiger partial charge in [-0.2, -0.15) is 0 Å². The fourth-order valence-corrected chi connectivity index (χ4v) is 1.13. The fourth-order valence-electron chi connectivity index (χ4n) is 0.510. The lowest BCUT2D eigenvalue weighted by Crippen LogP contribution is -1.94. The van der Waals surface area contributed by atoms with Crippen molar-refractivity contribution >= 4 is 34.8 Å². The van der Waals surface area contributed by atoms with Crippen LogP contribution in [0, 0.1) is 0 Å². The first-order valence-corrected chi connectivity index (χ1v) is 3.80. The molecule has 0 aliphatic carbocycles. The Morgan fingerprint density at radius 2 is 2.09 bits per heavy atom. The molecule has 1 unspecified atom stereocenters. The quantitative estimate of drug-likeness (QED) is 0.441. The van der Waals surface area contributed by atoms with Crippen molar-refractivity contribution in [1.82, 2.24) is 9.97 Å². The number of alkyl halides is 1. The third kappa shape index (κ3) is 2.17. The zero-order valence-electron chi connectivity index (χ0n) is 5.13. The van der Waals surface area contributed by atoms with Crippen molar-refractivity contribution in [3.05, 3.63) is 22.2 Å². The predicted molar refractivity (Wildman–Crippen MR) is 42.9 cm³/mol. The van der Waals surface area contributed by atoms with E-state index in [0.29, 0.717) is 0 Å². The normalized spacial score (nSPS) is 13.1. The van der Waals surface area contributed by atoms with Gasteiger partial charge in [0.15, 0.2) is 5.56 Å². The van der Waals surface area contributed by atoms with E-state index in [9.17, 15) is 0 Å². The average molecular weight is 213 g/mol. The lowest BCUT2D eigenvalue weighted by Gasteiger charge is -2.02. The first kappa shape index (κ1) is 9.00. The summed E-state index contributed by atoms with van der Waals surface area (Å²) in [5.74, 6) is 0. The molecule has 0 amide bonds. The van der Waals surface area contributed by atoms with Gasteiger partial charge in [0, 0.05) is 6.20 Å². The Labute approximate surface area is 77.9 Å². The molecular formula is C5H3Cl3N2O. The summed E-state index contributed by atoms with van der Waals surface area (Å²) in [5, 5.41) is 8.94. The Hall–Kier alpha value is -0.0900. The third-order valence-corrected chi connectivity index (χ3v) is 1.72. The minimum atomic E-state index is -1.19. The lowest BCUT2D eigenvalue weighted by molar-refractivity contribution is 0.262. The maximum absolute atomic E-state index is 8.85. The molecule has 3 nitrogen and oxygen atoms in total. The van der Waals surface area contributed by atoms with E-state index in [-0.39, 0.29) is 16.0 Å². The molecule has 0 spiro atoms. The van der Waals surface area contributed by atoms with Crippen LogP contribution in [0.4, 0.5) is 0 Å². The van der Waals surface area contributed by atoms with E-state index >= 15 is 0 Å². The van der Waals surface area contributed by atoms with Crippen LogP contribution >= 0.6 is 34.8 Å². The van der Waals surface area contributed by atoms with E-state index in [1.54, 1.807) is 0 Å². The minimum Gasteiger partial charge on any atom is -0.373 e. The number of nitrogens with zero attached hydrogens (tertiary/aromatic N) is 2. The van der Waals surface area contributed by atoms with Gasteiger partial charge in [0.05, 0.1) is 5.56 Å². The van der Waals surface area contributed by atoms with Crippen LogP contribution in [0.25, 0.3) is 0 Å². The molecule has 6 heteroatoms. The molecule has 11 heavy (non-hydrogen) atoms. The highest BCUT2D eigenvalue weighted by atomic mass is 35.5. The number of aromatic nitrogens is 2. The van der Waals surface area contributed by atoms with Gasteiger partial charge in [0.1, 0.15) is 5.15 Å². The fraction of sp³-hybridized carbons (Fsp3) is 0.200. The molecule has 0 saturated carbocycles. The molecule has 0 saturated heterocycles. The number of aliphatic hydroxyl groups is 1. The molecule has 0 radical (unpaired) electrons. The van der Waals surface area contributed by atoms with Gasteiger partial charge in [-0.05, 0) is 11.6 Å². The van der Waals surface area contributed by atoms with E-state index in [4.69, 9.17) is 39.9 Å². The Bertz CT molecular complexity index is 266. The van der Waals surface area contributed by atoms with Crippen LogP contribution in [0.1, 0.15) is 11.1 Å². The number of rotatable bonds is 1. The molecule has 1 N–H and O–H groups in total. The van der Waals surface area contributed by atoms with Crippen LogP contribution in [0.3, 0.4) is 0 Å². The van der Waals surface area contributed by atoms with Crippen LogP contribution in [0.15, 0.2) is 6.20 Å². The van der Waals surface area contributed by atoms with Crippen molar-refractivity contribution < 1.29 is 5.11 Å². The topological polar surface area (TPSA) is 46.0 Å². The largest absolute Gasteiger partial charge is 0.373 e. The van der Waals surface area contributed by atoms with Gasteiger partial charge in [0.25, 0.3) is 0 Å². The van der Waals surface area contributed by atoms with Gasteiger partial charge in [-0.15, -0.1) is 0 Å². The summed E-state index contributed by atoms with van der Waals surface area (Å²) >= 11 is 16.2. The Kier molecular flexibility index (Phi) is 2.90. The maximum atomic E-state index is 8.85. The van der Waals surface area contributed by atoms with Crippen LogP contribution in [-0.2, 0) is 0 Å². The first-order valence-electron chi connectivity index (χ1n) is 2.61. The van der Waals surface area contributed by atoms with E-state index in [1.165, 1.54) is 6.20 Å². The summed E-state index contributed by atoms with van der Waals surface area (Å²) in [4.78, 5) is 7.16. The summed E-state index contributed by atoms with van der Waals surface area (Å²) in [6, 6.07) is 0. The average Bonchev–Trinajstić information content (AvgIpc) is 1.85. The maximum Gasteiger partial charge on any atom is 0.223 e. The van der Waals surface area contributed by atoms with Gasteiger partial charge >= 0.3 is 0 Å². The van der Waals surface area contributed by atoms with Crippen LogP contribution in [0.5, 0.6) is 0 Å². The Morgan fingerprint density at radius 1 is 1.45 bits per heavy atom. The molecule has 1 aromatic heterocycles. The second-order valence-electron chi connectivity index (χ2n) is 1.72. The molecule has 0 fully saturated rings. The van der Waals surface area contributed by atoms with Crippen molar-refractivity contribution in [2.24, 2.45) is 0 Å². The second-order valence-corrected chi connectivity index (χ2v) is 2.83. The van der Waals surface area contributed by atoms with Crippen LogP contribution < -0.4 is 0 Å². The van der Waals surface area contributed by atoms with Crippen molar-refractivity contribution in [2.75, 3.05) is 0 Å². The smallest absolute Gasteiger partial charge is 0.223 e. The van der Waals surface area contributed by atoms with E-state index in [2.05, 4.69) is 9.97 Å². The first-order chi connectivity index (χ1) is 5.11. The molecular weight excluding hydrogens is 210 g/mol. The highest BCUT2D eigenvalue weighted by Crippen LogP contribution is 2.23. The molecule has 0 aliphatic heterocycles. The molecule has 1 atom stereocenters. The minimum absolute atomic E-state index is 0.0241. The summed E-state index contributed by atoms with van der Waals surface area (Å²) in [6.07, 6.45) is 1.27. The molecule has 0 aromatic carbocycles. The number of halogens is 3. The lowest BCUT2D eigenvalue weighted by atomic mass is 10.4. The standard InChI is InChI=1S/C5H3Cl3N2O/c6-3-2(4(7)11)1-9-5(8)10-3/h1,4,11H. The van der Waals surface area contributed by atoms with E-state index in [0.717, 1.165) is 0 Å². The molecule has 60 valence electrons. The number of hydrogen-bond acceptors (Lipinski definition) is 3. The summed E-state index contributed by atoms with van der Waals surface area (Å²) in [5.41, 5.74) is -0.947. The number of aliphatic hydroxyl groups excluding tert-OH is 1. The van der Waals surface area contributed by atoms with Crippen molar-refractivity contribution in [2.45, 2.75) is 5.56 Å². The van der Waals surface area contributed by atoms with Gasteiger partial charge in [-0.1, -0.05) is 23.2 Å².